The van der Waals surface area contributed by atoms with E-state index in [1.54, 1.807) is 13.8 Å². The van der Waals surface area contributed by atoms with Crippen molar-refractivity contribution in [3.8, 4) is 0 Å². The zero-order chi connectivity index (χ0) is 14.1. The molecule has 0 saturated heterocycles. The lowest BCUT2D eigenvalue weighted by molar-refractivity contribution is -0.146. The van der Waals surface area contributed by atoms with E-state index in [9.17, 15) is 9.90 Å². The van der Waals surface area contributed by atoms with Crippen LogP contribution in [0.5, 0.6) is 0 Å². The zero-order valence-electron chi connectivity index (χ0n) is 12.3. The van der Waals surface area contributed by atoms with E-state index in [1.165, 1.54) is 16.7 Å². The first-order chi connectivity index (χ1) is 8.15. The van der Waals surface area contributed by atoms with Gasteiger partial charge in [-0.15, -0.1) is 0 Å². The smallest absolute Gasteiger partial charge is 0.309 e. The molecule has 0 heterocycles. The summed E-state index contributed by atoms with van der Waals surface area (Å²) >= 11 is 0. The molecule has 0 spiro atoms. The molecule has 0 radical (unpaired) electrons. The van der Waals surface area contributed by atoms with Gasteiger partial charge in [0.2, 0.25) is 0 Å². The molecular weight excluding hydrogens is 224 g/mol. The number of aryl methyl sites for hydroxylation is 1. The molecular formula is C16H24O2. The molecule has 1 aromatic carbocycles. The van der Waals surface area contributed by atoms with Crippen molar-refractivity contribution in [2.24, 2.45) is 5.41 Å². The quantitative estimate of drug-likeness (QED) is 0.871. The van der Waals surface area contributed by atoms with Gasteiger partial charge in [0.1, 0.15) is 0 Å². The van der Waals surface area contributed by atoms with Gasteiger partial charge in [0, 0.05) is 0 Å². The Bertz CT molecular complexity index is 456. The van der Waals surface area contributed by atoms with Crippen LogP contribution in [0, 0.1) is 19.3 Å². The highest BCUT2D eigenvalue weighted by molar-refractivity contribution is 5.74. The standard InChI is InChI=1S/C16H24O2/c1-10(2)13-7-11(3)12(4)14(8-13)9-16(5,6)15(17)18/h7-8,10H,9H2,1-6H3,(H,17,18). The fourth-order valence-electron chi connectivity index (χ4n) is 2.03. The Kier molecular flexibility index (Phi) is 4.20. The zero-order valence-corrected chi connectivity index (χ0v) is 12.3. The van der Waals surface area contributed by atoms with E-state index < -0.39 is 11.4 Å². The number of hydrogen-bond acceptors (Lipinski definition) is 1. The molecule has 0 aliphatic carbocycles. The molecule has 18 heavy (non-hydrogen) atoms. The molecule has 0 aliphatic heterocycles. The van der Waals surface area contributed by atoms with Crippen LogP contribution < -0.4 is 0 Å². The molecule has 1 N–H and O–H groups in total. The Morgan fingerprint density at radius 2 is 1.83 bits per heavy atom. The number of benzene rings is 1. The fraction of sp³-hybridized carbons (Fsp3) is 0.562. The Balaban J connectivity index is 3.20. The monoisotopic (exact) mass is 248 g/mol. The van der Waals surface area contributed by atoms with Gasteiger partial charge in [0.25, 0.3) is 0 Å². The Morgan fingerprint density at radius 3 is 2.28 bits per heavy atom. The van der Waals surface area contributed by atoms with Crippen molar-refractivity contribution in [1.29, 1.82) is 0 Å². The summed E-state index contributed by atoms with van der Waals surface area (Å²) in [6, 6.07) is 4.37. The molecule has 0 amide bonds. The molecule has 100 valence electrons. The molecule has 0 atom stereocenters. The molecule has 0 aromatic heterocycles. The second kappa shape index (κ2) is 5.13. The highest BCUT2D eigenvalue weighted by Crippen LogP contribution is 2.28. The molecule has 0 aliphatic rings. The lowest BCUT2D eigenvalue weighted by Gasteiger charge is -2.22. The van der Waals surface area contributed by atoms with Gasteiger partial charge in [-0.05, 0) is 62.3 Å². The minimum Gasteiger partial charge on any atom is -0.481 e. The topological polar surface area (TPSA) is 37.3 Å². The van der Waals surface area contributed by atoms with Crippen LogP contribution in [0.2, 0.25) is 0 Å². The average molecular weight is 248 g/mol. The maximum Gasteiger partial charge on any atom is 0.309 e. The Hall–Kier alpha value is -1.31. The van der Waals surface area contributed by atoms with E-state index in [4.69, 9.17) is 0 Å². The van der Waals surface area contributed by atoms with Crippen molar-refractivity contribution in [2.45, 2.75) is 53.9 Å². The highest BCUT2D eigenvalue weighted by atomic mass is 16.4. The van der Waals surface area contributed by atoms with Crippen LogP contribution in [0.1, 0.15) is 55.9 Å². The Morgan fingerprint density at radius 1 is 1.28 bits per heavy atom. The number of rotatable bonds is 4. The third-order valence-corrected chi connectivity index (χ3v) is 3.68. The van der Waals surface area contributed by atoms with Gasteiger partial charge in [0.05, 0.1) is 5.41 Å². The van der Waals surface area contributed by atoms with Crippen molar-refractivity contribution in [3.05, 3.63) is 34.4 Å². The van der Waals surface area contributed by atoms with Gasteiger partial charge in [0.15, 0.2) is 0 Å². The summed E-state index contributed by atoms with van der Waals surface area (Å²) in [7, 11) is 0. The van der Waals surface area contributed by atoms with Crippen molar-refractivity contribution >= 4 is 5.97 Å². The first-order valence-corrected chi connectivity index (χ1v) is 6.48. The summed E-state index contributed by atoms with van der Waals surface area (Å²) in [4.78, 5) is 11.2. The van der Waals surface area contributed by atoms with Crippen molar-refractivity contribution in [2.75, 3.05) is 0 Å². The Labute approximate surface area is 110 Å². The molecule has 0 saturated carbocycles. The van der Waals surface area contributed by atoms with Gasteiger partial charge in [-0.2, -0.15) is 0 Å². The number of carboxylic acids is 1. The third kappa shape index (κ3) is 3.12. The minimum absolute atomic E-state index is 0.469. The maximum absolute atomic E-state index is 11.2. The first-order valence-electron chi connectivity index (χ1n) is 6.48. The molecule has 2 nitrogen and oxygen atoms in total. The second-order valence-electron chi connectivity index (χ2n) is 6.14. The van der Waals surface area contributed by atoms with E-state index in [0.29, 0.717) is 12.3 Å². The van der Waals surface area contributed by atoms with Crippen LogP contribution in [0.3, 0.4) is 0 Å². The average Bonchev–Trinajstić information content (AvgIpc) is 2.23. The van der Waals surface area contributed by atoms with E-state index >= 15 is 0 Å². The van der Waals surface area contributed by atoms with Crippen LogP contribution in [-0.4, -0.2) is 11.1 Å². The van der Waals surface area contributed by atoms with Gasteiger partial charge in [-0.25, -0.2) is 0 Å². The summed E-state index contributed by atoms with van der Waals surface area (Å²) in [6.45, 7) is 12.1. The fourth-order valence-corrected chi connectivity index (χ4v) is 2.03. The van der Waals surface area contributed by atoms with Crippen molar-refractivity contribution < 1.29 is 9.90 Å². The highest BCUT2D eigenvalue weighted by Gasteiger charge is 2.28. The van der Waals surface area contributed by atoms with Gasteiger partial charge in [-0.3, -0.25) is 4.79 Å². The third-order valence-electron chi connectivity index (χ3n) is 3.68. The van der Waals surface area contributed by atoms with E-state index in [0.717, 1.165) is 5.56 Å². The van der Waals surface area contributed by atoms with Gasteiger partial charge in [-0.1, -0.05) is 26.0 Å². The van der Waals surface area contributed by atoms with Gasteiger partial charge < -0.3 is 5.11 Å². The number of hydrogen-bond donors (Lipinski definition) is 1. The number of aliphatic carboxylic acids is 1. The van der Waals surface area contributed by atoms with Crippen LogP contribution in [-0.2, 0) is 11.2 Å². The van der Waals surface area contributed by atoms with Gasteiger partial charge >= 0.3 is 5.97 Å². The lowest BCUT2D eigenvalue weighted by Crippen LogP contribution is -2.26. The molecule has 2 heteroatoms. The first kappa shape index (κ1) is 14.7. The SMILES string of the molecule is Cc1cc(C(C)C)cc(CC(C)(C)C(=O)O)c1C. The minimum atomic E-state index is -0.741. The van der Waals surface area contributed by atoms with E-state index in [-0.39, 0.29) is 0 Å². The van der Waals surface area contributed by atoms with Crippen LogP contribution >= 0.6 is 0 Å². The number of carbonyl (C=O) groups is 1. The van der Waals surface area contributed by atoms with E-state index in [1.807, 2.05) is 0 Å². The van der Waals surface area contributed by atoms with E-state index in [2.05, 4.69) is 39.8 Å². The summed E-state index contributed by atoms with van der Waals surface area (Å²) in [5.41, 5.74) is 4.19. The largest absolute Gasteiger partial charge is 0.481 e. The van der Waals surface area contributed by atoms with Crippen LogP contribution in [0.15, 0.2) is 12.1 Å². The second-order valence-corrected chi connectivity index (χ2v) is 6.14. The van der Waals surface area contributed by atoms with Crippen LogP contribution in [0.25, 0.3) is 0 Å². The van der Waals surface area contributed by atoms with Crippen molar-refractivity contribution in [3.63, 3.8) is 0 Å². The molecule has 0 unspecified atom stereocenters. The summed E-state index contributed by atoms with van der Waals surface area (Å²) in [6.07, 6.45) is 0.579. The number of carboxylic acid groups (broad SMARTS) is 1. The lowest BCUT2D eigenvalue weighted by atomic mass is 9.82. The summed E-state index contributed by atoms with van der Waals surface area (Å²) in [5.74, 6) is -0.273. The normalized spacial score (nSPS) is 11.9. The molecule has 1 aromatic rings. The summed E-state index contributed by atoms with van der Waals surface area (Å²) in [5, 5.41) is 9.24. The predicted octanol–water partition coefficient (Wildman–Crippen LogP) is 4.08. The maximum atomic E-state index is 11.2. The predicted molar refractivity (Wildman–Crippen MR) is 75.1 cm³/mol. The molecule has 0 fully saturated rings. The summed E-state index contributed by atoms with van der Waals surface area (Å²) < 4.78 is 0. The molecule has 0 bridgehead atoms. The van der Waals surface area contributed by atoms with Crippen molar-refractivity contribution in [1.82, 2.24) is 0 Å². The molecule has 1 rings (SSSR count). The van der Waals surface area contributed by atoms with Crippen LogP contribution in [0.4, 0.5) is 0 Å².